The second kappa shape index (κ2) is 8.53. The number of nitrogens with zero attached hydrogens (tertiary/aromatic N) is 1. The smallest absolute Gasteiger partial charge is 0.266 e. The van der Waals surface area contributed by atoms with E-state index in [1.165, 1.54) is 11.8 Å². The summed E-state index contributed by atoms with van der Waals surface area (Å²) in [6.45, 7) is 9.13. The molecule has 1 heterocycles. The molecule has 1 fully saturated rings. The topological polar surface area (TPSA) is 38.8 Å². The maximum atomic E-state index is 12.4. The summed E-state index contributed by atoms with van der Waals surface area (Å²) in [5, 5.41) is 0. The summed E-state index contributed by atoms with van der Waals surface area (Å²) in [7, 11) is 0. The third-order valence-electron chi connectivity index (χ3n) is 3.25. The lowest BCUT2D eigenvalue weighted by molar-refractivity contribution is -0.122. The number of carbonyl (C=O) groups excluding carboxylic acids is 1. The number of amides is 1. The normalized spacial score (nSPS) is 16.4. The van der Waals surface area contributed by atoms with E-state index in [0.717, 1.165) is 12.0 Å². The third-order valence-corrected chi connectivity index (χ3v) is 4.63. The quantitative estimate of drug-likeness (QED) is 0.526. The van der Waals surface area contributed by atoms with E-state index in [9.17, 15) is 4.79 Å². The van der Waals surface area contributed by atoms with Crippen LogP contribution < -0.4 is 9.47 Å². The Balaban J connectivity index is 2.27. The van der Waals surface area contributed by atoms with Gasteiger partial charge in [0, 0.05) is 6.54 Å². The van der Waals surface area contributed by atoms with Crippen molar-refractivity contribution in [1.82, 2.24) is 4.90 Å². The molecule has 4 nitrogen and oxygen atoms in total. The molecule has 0 aromatic heterocycles. The van der Waals surface area contributed by atoms with Crippen molar-refractivity contribution in [3.05, 3.63) is 28.7 Å². The zero-order chi connectivity index (χ0) is 17.7. The van der Waals surface area contributed by atoms with Crippen LogP contribution in [0, 0.1) is 0 Å². The minimum absolute atomic E-state index is 0.0210. The van der Waals surface area contributed by atoms with E-state index in [1.807, 2.05) is 52.0 Å². The van der Waals surface area contributed by atoms with Gasteiger partial charge in [0.25, 0.3) is 5.91 Å². The molecule has 0 bridgehead atoms. The molecule has 0 unspecified atom stereocenters. The Bertz CT molecular complexity index is 656. The molecule has 1 aliphatic rings. The highest BCUT2D eigenvalue weighted by Gasteiger charge is 2.31. The molecule has 2 rings (SSSR count). The summed E-state index contributed by atoms with van der Waals surface area (Å²) in [4.78, 5) is 14.7. The van der Waals surface area contributed by atoms with Gasteiger partial charge in [-0.3, -0.25) is 9.69 Å². The fourth-order valence-corrected chi connectivity index (χ4v) is 3.61. The van der Waals surface area contributed by atoms with Gasteiger partial charge in [0.2, 0.25) is 0 Å². The Labute approximate surface area is 153 Å². The van der Waals surface area contributed by atoms with Gasteiger partial charge in [-0.2, -0.15) is 0 Å². The summed E-state index contributed by atoms with van der Waals surface area (Å²) in [5.41, 5.74) is 0.895. The molecular weight excluding hydrogens is 342 g/mol. The summed E-state index contributed by atoms with van der Waals surface area (Å²) in [6.07, 6.45) is 2.81. The highest BCUT2D eigenvalue weighted by molar-refractivity contribution is 8.26. The van der Waals surface area contributed by atoms with Crippen LogP contribution >= 0.6 is 24.0 Å². The summed E-state index contributed by atoms with van der Waals surface area (Å²) >= 11 is 6.64. The van der Waals surface area contributed by atoms with Crippen molar-refractivity contribution >= 4 is 40.3 Å². The van der Waals surface area contributed by atoms with Crippen LogP contribution in [-0.4, -0.2) is 34.4 Å². The van der Waals surface area contributed by atoms with Crippen LogP contribution in [-0.2, 0) is 4.79 Å². The number of hydrogen-bond donors (Lipinski definition) is 0. The van der Waals surface area contributed by atoms with Crippen LogP contribution in [0.5, 0.6) is 11.5 Å². The second-order valence-electron chi connectivity index (χ2n) is 5.64. The Morgan fingerprint density at radius 2 is 2.04 bits per heavy atom. The minimum atomic E-state index is -0.0210. The van der Waals surface area contributed by atoms with E-state index in [0.29, 0.717) is 33.9 Å². The maximum Gasteiger partial charge on any atom is 0.266 e. The molecule has 0 N–H and O–H groups in total. The van der Waals surface area contributed by atoms with Gasteiger partial charge < -0.3 is 9.47 Å². The SMILES string of the molecule is CCCN1C(=O)/C(=C/c2ccc(OC(C)C)c(OCC)c2)SC1=S. The van der Waals surface area contributed by atoms with Gasteiger partial charge in [0.15, 0.2) is 11.5 Å². The average Bonchev–Trinajstić information content (AvgIpc) is 2.78. The Kier molecular flexibility index (Phi) is 6.69. The predicted molar refractivity (Wildman–Crippen MR) is 104 cm³/mol. The lowest BCUT2D eigenvalue weighted by atomic mass is 10.1. The Morgan fingerprint density at radius 1 is 1.29 bits per heavy atom. The first-order valence-electron chi connectivity index (χ1n) is 8.15. The average molecular weight is 366 g/mol. The molecule has 1 saturated heterocycles. The zero-order valence-corrected chi connectivity index (χ0v) is 16.1. The first kappa shape index (κ1) is 18.8. The third kappa shape index (κ3) is 4.51. The fraction of sp³-hybridized carbons (Fsp3) is 0.444. The summed E-state index contributed by atoms with van der Waals surface area (Å²) in [6, 6.07) is 5.70. The fourth-order valence-electron chi connectivity index (χ4n) is 2.30. The molecular formula is C18H23NO3S2. The molecule has 0 atom stereocenters. The van der Waals surface area contributed by atoms with E-state index >= 15 is 0 Å². The van der Waals surface area contributed by atoms with E-state index in [4.69, 9.17) is 21.7 Å². The van der Waals surface area contributed by atoms with E-state index in [-0.39, 0.29) is 12.0 Å². The molecule has 0 spiro atoms. The van der Waals surface area contributed by atoms with Crippen molar-refractivity contribution in [2.75, 3.05) is 13.2 Å². The molecule has 6 heteroatoms. The van der Waals surface area contributed by atoms with Crippen LogP contribution in [0.25, 0.3) is 6.08 Å². The van der Waals surface area contributed by atoms with Gasteiger partial charge in [-0.25, -0.2) is 0 Å². The molecule has 1 aromatic rings. The number of benzene rings is 1. The minimum Gasteiger partial charge on any atom is -0.490 e. The predicted octanol–water partition coefficient (Wildman–Crippen LogP) is 4.48. The molecule has 0 radical (unpaired) electrons. The summed E-state index contributed by atoms with van der Waals surface area (Å²) in [5.74, 6) is 1.37. The second-order valence-corrected chi connectivity index (χ2v) is 7.31. The highest BCUT2D eigenvalue weighted by Crippen LogP contribution is 2.35. The van der Waals surface area contributed by atoms with Gasteiger partial charge in [-0.1, -0.05) is 37.0 Å². The number of rotatable bonds is 7. The largest absolute Gasteiger partial charge is 0.490 e. The number of ether oxygens (including phenoxy) is 2. The number of hydrogen-bond acceptors (Lipinski definition) is 5. The van der Waals surface area contributed by atoms with Crippen molar-refractivity contribution in [2.24, 2.45) is 0 Å². The van der Waals surface area contributed by atoms with Gasteiger partial charge in [-0.05, 0) is 51.0 Å². The standard InChI is InChI=1S/C18H23NO3S2/c1-5-9-19-17(20)16(24-18(19)23)11-13-7-8-14(22-12(3)4)15(10-13)21-6-2/h7-8,10-12H,5-6,9H2,1-4H3/b16-11-. The molecule has 1 aliphatic heterocycles. The molecule has 24 heavy (non-hydrogen) atoms. The van der Waals surface area contributed by atoms with Crippen LogP contribution in [0.4, 0.5) is 0 Å². The van der Waals surface area contributed by atoms with Crippen molar-refractivity contribution < 1.29 is 14.3 Å². The summed E-state index contributed by atoms with van der Waals surface area (Å²) < 4.78 is 12.1. The van der Waals surface area contributed by atoms with E-state index < -0.39 is 0 Å². The molecule has 1 aromatic carbocycles. The van der Waals surface area contributed by atoms with Crippen LogP contribution in [0.1, 0.15) is 39.7 Å². The number of carbonyl (C=O) groups is 1. The van der Waals surface area contributed by atoms with Crippen molar-refractivity contribution in [2.45, 2.75) is 40.2 Å². The monoisotopic (exact) mass is 365 g/mol. The van der Waals surface area contributed by atoms with Crippen molar-refractivity contribution in [1.29, 1.82) is 0 Å². The van der Waals surface area contributed by atoms with Crippen LogP contribution in [0.15, 0.2) is 23.1 Å². The highest BCUT2D eigenvalue weighted by atomic mass is 32.2. The lowest BCUT2D eigenvalue weighted by Gasteiger charge is -2.15. The van der Waals surface area contributed by atoms with Gasteiger partial charge in [0.1, 0.15) is 4.32 Å². The molecule has 0 saturated carbocycles. The van der Waals surface area contributed by atoms with E-state index in [2.05, 4.69) is 0 Å². The lowest BCUT2D eigenvalue weighted by Crippen LogP contribution is -2.28. The number of thiocarbonyl (C=S) groups is 1. The zero-order valence-electron chi connectivity index (χ0n) is 14.5. The van der Waals surface area contributed by atoms with Crippen LogP contribution in [0.2, 0.25) is 0 Å². The molecule has 0 aliphatic carbocycles. The van der Waals surface area contributed by atoms with Crippen LogP contribution in [0.3, 0.4) is 0 Å². The van der Waals surface area contributed by atoms with Gasteiger partial charge in [0.05, 0.1) is 17.6 Å². The maximum absolute atomic E-state index is 12.4. The molecule has 130 valence electrons. The molecule has 1 amide bonds. The first-order valence-corrected chi connectivity index (χ1v) is 9.37. The van der Waals surface area contributed by atoms with Crippen molar-refractivity contribution in [3.63, 3.8) is 0 Å². The van der Waals surface area contributed by atoms with Crippen molar-refractivity contribution in [3.8, 4) is 11.5 Å². The Morgan fingerprint density at radius 3 is 2.67 bits per heavy atom. The first-order chi connectivity index (χ1) is 11.5. The van der Waals surface area contributed by atoms with Gasteiger partial charge in [-0.15, -0.1) is 0 Å². The Hall–Kier alpha value is -1.53. The van der Waals surface area contributed by atoms with Gasteiger partial charge >= 0.3 is 0 Å². The number of thioether (sulfide) groups is 1. The van der Waals surface area contributed by atoms with E-state index in [1.54, 1.807) is 4.90 Å².